The maximum Gasteiger partial charge on any atom is 0.410 e. The normalized spacial score (nSPS) is 18.6. The molecule has 246 valence electrons. The van der Waals surface area contributed by atoms with Gasteiger partial charge in [-0.05, 0) is 72.3 Å². The minimum Gasteiger partial charge on any atom is -0.445 e. The minimum absolute atomic E-state index is 0.00382. The summed E-state index contributed by atoms with van der Waals surface area (Å²) < 4.78 is 5.32. The van der Waals surface area contributed by atoms with Gasteiger partial charge >= 0.3 is 6.09 Å². The number of nitro benzene ring substituents is 1. The van der Waals surface area contributed by atoms with Crippen molar-refractivity contribution in [3.63, 3.8) is 0 Å². The number of azide groups is 1. The molecule has 0 unspecified atom stereocenters. The summed E-state index contributed by atoms with van der Waals surface area (Å²) >= 11 is 1.88. The highest BCUT2D eigenvalue weighted by atomic mass is 32.2. The number of thioether (sulfide) groups is 1. The monoisotopic (exact) mass is 662 g/mol. The first-order valence-corrected chi connectivity index (χ1v) is 17.1. The van der Waals surface area contributed by atoms with Crippen LogP contribution in [0.5, 0.6) is 0 Å². The third-order valence-electron chi connectivity index (χ3n) is 9.25. The Morgan fingerprint density at radius 3 is 1.94 bits per heavy atom. The molecule has 0 bridgehead atoms. The third-order valence-corrected chi connectivity index (χ3v) is 11.0. The fourth-order valence-corrected chi connectivity index (χ4v) is 8.73. The molecule has 2 saturated heterocycles. The van der Waals surface area contributed by atoms with Crippen molar-refractivity contribution in [2.45, 2.75) is 47.9 Å². The number of likely N-dealkylation sites (tertiary alicyclic amines) is 2. The summed E-state index contributed by atoms with van der Waals surface area (Å²) in [5, 5.41) is 15.1. The second-order valence-corrected chi connectivity index (χ2v) is 13.8. The first-order valence-electron chi connectivity index (χ1n) is 16.2. The molecule has 6 rings (SSSR count). The van der Waals surface area contributed by atoms with Crippen LogP contribution >= 0.6 is 11.8 Å². The van der Waals surface area contributed by atoms with E-state index in [-0.39, 0.29) is 29.6 Å². The van der Waals surface area contributed by atoms with E-state index in [1.807, 2.05) is 34.9 Å². The van der Waals surface area contributed by atoms with Crippen LogP contribution in [0.15, 0.2) is 120 Å². The number of piperidine rings is 1. The Balaban J connectivity index is 1.28. The molecule has 2 atom stereocenters. The average molecular weight is 663 g/mol. The molecular formula is C37H38N6O4S. The fraction of sp³-hybridized carbons (Fsp3) is 0.324. The zero-order valence-corrected chi connectivity index (χ0v) is 27.4. The van der Waals surface area contributed by atoms with Gasteiger partial charge in [-0.15, -0.1) is 11.8 Å². The second kappa shape index (κ2) is 15.4. The number of amides is 1. The van der Waals surface area contributed by atoms with Crippen LogP contribution in [0.25, 0.3) is 10.4 Å². The summed E-state index contributed by atoms with van der Waals surface area (Å²) in [5.41, 5.74) is 13.1. The van der Waals surface area contributed by atoms with Crippen LogP contribution in [0.1, 0.15) is 41.5 Å². The number of hydrogen-bond donors (Lipinski definition) is 0. The van der Waals surface area contributed by atoms with Crippen LogP contribution in [-0.2, 0) is 16.1 Å². The van der Waals surface area contributed by atoms with Crippen molar-refractivity contribution < 1.29 is 14.5 Å². The number of nitro groups is 1. The Morgan fingerprint density at radius 2 is 1.44 bits per heavy atom. The van der Waals surface area contributed by atoms with Crippen LogP contribution in [0.2, 0.25) is 0 Å². The van der Waals surface area contributed by atoms with Crippen LogP contribution in [0, 0.1) is 10.1 Å². The number of benzene rings is 4. The van der Waals surface area contributed by atoms with Gasteiger partial charge in [-0.25, -0.2) is 4.79 Å². The van der Waals surface area contributed by atoms with E-state index in [4.69, 9.17) is 10.3 Å². The topological polar surface area (TPSA) is 125 Å². The minimum atomic E-state index is -0.523. The highest BCUT2D eigenvalue weighted by Crippen LogP contribution is 2.52. The number of nitrogens with zero attached hydrogens (tertiary/aromatic N) is 6. The summed E-state index contributed by atoms with van der Waals surface area (Å²) in [6, 6.07) is 37.7. The first kappa shape index (κ1) is 33.1. The Kier molecular flexibility index (Phi) is 10.6. The van der Waals surface area contributed by atoms with E-state index in [2.05, 4.69) is 87.7 Å². The number of carbonyl (C=O) groups is 1. The highest BCUT2D eigenvalue weighted by Gasteiger charge is 2.45. The lowest BCUT2D eigenvalue weighted by atomic mass is 9.84. The molecule has 0 saturated carbocycles. The summed E-state index contributed by atoms with van der Waals surface area (Å²) in [5.74, 6) is 0. The zero-order chi connectivity index (χ0) is 33.3. The molecule has 0 N–H and O–H groups in total. The molecule has 11 heteroatoms. The van der Waals surface area contributed by atoms with Crippen LogP contribution in [-0.4, -0.2) is 64.3 Å². The van der Waals surface area contributed by atoms with Gasteiger partial charge in [0.1, 0.15) is 6.61 Å². The second-order valence-electron chi connectivity index (χ2n) is 12.3. The van der Waals surface area contributed by atoms with Gasteiger partial charge < -0.3 is 14.5 Å². The van der Waals surface area contributed by atoms with Crippen LogP contribution in [0.4, 0.5) is 10.5 Å². The fourth-order valence-electron chi connectivity index (χ4n) is 6.86. The summed E-state index contributed by atoms with van der Waals surface area (Å²) in [6.07, 6.45) is 1.97. The Morgan fingerprint density at radius 1 is 0.896 bits per heavy atom. The lowest BCUT2D eigenvalue weighted by Gasteiger charge is -2.37. The van der Waals surface area contributed by atoms with E-state index < -0.39 is 15.8 Å². The molecule has 48 heavy (non-hydrogen) atoms. The number of carbonyl (C=O) groups excluding carboxylic acids is 1. The SMILES string of the molecule is [N-]=[N+]=NC1CCN(C[C@@H]2C[C@H](SC(c3ccccc3)(c3ccccc3)c3ccccc3)CN2C(=O)OCc2ccc([N+](=O)[O-])cc2)CC1. The maximum absolute atomic E-state index is 13.8. The Labute approximate surface area is 284 Å². The first-order chi connectivity index (χ1) is 23.5. The molecule has 2 aliphatic heterocycles. The highest BCUT2D eigenvalue weighted by molar-refractivity contribution is 8.01. The Bertz CT molecular complexity index is 1620. The lowest BCUT2D eigenvalue weighted by Crippen LogP contribution is -2.46. The van der Waals surface area contributed by atoms with Crippen molar-refractivity contribution in [3.05, 3.63) is 158 Å². The predicted molar refractivity (Wildman–Crippen MR) is 188 cm³/mol. The zero-order valence-electron chi connectivity index (χ0n) is 26.6. The molecule has 0 aliphatic carbocycles. The quantitative estimate of drug-likeness (QED) is 0.0398. The van der Waals surface area contributed by atoms with Crippen LogP contribution < -0.4 is 0 Å². The molecular weight excluding hydrogens is 625 g/mol. The van der Waals surface area contributed by atoms with E-state index in [1.54, 1.807) is 12.1 Å². The van der Waals surface area contributed by atoms with Crippen molar-refractivity contribution in [3.8, 4) is 0 Å². The molecule has 2 heterocycles. The molecule has 0 radical (unpaired) electrons. The lowest BCUT2D eigenvalue weighted by molar-refractivity contribution is -0.384. The van der Waals surface area contributed by atoms with E-state index >= 15 is 0 Å². The van der Waals surface area contributed by atoms with Crippen molar-refractivity contribution >= 4 is 23.5 Å². The molecule has 4 aromatic carbocycles. The molecule has 10 nitrogen and oxygen atoms in total. The largest absolute Gasteiger partial charge is 0.445 e. The third kappa shape index (κ3) is 7.49. The molecule has 0 aromatic heterocycles. The predicted octanol–water partition coefficient (Wildman–Crippen LogP) is 8.17. The average Bonchev–Trinajstić information content (AvgIpc) is 3.53. The standard InChI is InChI=1S/C37H38N6O4S/c38-40-39-32-20-22-41(23-21-32)25-34-24-35(26-42(34)36(44)47-27-28-16-18-33(19-17-28)43(45)46)48-37(29-10-4-1-5-11-29,30-12-6-2-7-13-30)31-14-8-3-9-15-31/h1-19,32,34-35H,20-27H2/t34-,35-/m0/s1. The van der Waals surface area contributed by atoms with Gasteiger partial charge in [-0.3, -0.25) is 10.1 Å². The molecule has 2 fully saturated rings. The smallest absolute Gasteiger partial charge is 0.410 e. The summed E-state index contributed by atoms with van der Waals surface area (Å²) in [4.78, 5) is 31.7. The number of non-ortho nitro benzene ring substituents is 1. The van der Waals surface area contributed by atoms with Gasteiger partial charge in [0, 0.05) is 47.5 Å². The number of rotatable bonds is 11. The molecule has 0 spiro atoms. The van der Waals surface area contributed by atoms with Crippen molar-refractivity contribution in [2.75, 3.05) is 26.2 Å². The van der Waals surface area contributed by atoms with E-state index in [0.29, 0.717) is 18.7 Å². The maximum atomic E-state index is 13.8. The van der Waals surface area contributed by atoms with Gasteiger partial charge in [-0.2, -0.15) is 0 Å². The van der Waals surface area contributed by atoms with E-state index in [9.17, 15) is 14.9 Å². The molecule has 2 aliphatic rings. The van der Waals surface area contributed by atoms with Gasteiger partial charge in [0.2, 0.25) is 0 Å². The van der Waals surface area contributed by atoms with Crippen molar-refractivity contribution in [1.82, 2.24) is 9.80 Å². The molecule has 1 amide bonds. The van der Waals surface area contributed by atoms with E-state index in [1.165, 1.54) is 28.8 Å². The van der Waals surface area contributed by atoms with Gasteiger partial charge in [0.15, 0.2) is 0 Å². The van der Waals surface area contributed by atoms with E-state index in [0.717, 1.165) is 32.4 Å². The molecule has 4 aromatic rings. The van der Waals surface area contributed by atoms with Gasteiger partial charge in [0.25, 0.3) is 5.69 Å². The van der Waals surface area contributed by atoms with Gasteiger partial charge in [-0.1, -0.05) is 96.1 Å². The van der Waals surface area contributed by atoms with Crippen molar-refractivity contribution in [2.24, 2.45) is 5.11 Å². The van der Waals surface area contributed by atoms with Crippen LogP contribution in [0.3, 0.4) is 0 Å². The van der Waals surface area contributed by atoms with Gasteiger partial charge in [0.05, 0.1) is 9.67 Å². The summed E-state index contributed by atoms with van der Waals surface area (Å²) in [7, 11) is 0. The summed E-state index contributed by atoms with van der Waals surface area (Å²) in [6.45, 7) is 2.83. The number of hydrogen-bond acceptors (Lipinski definition) is 7. The number of ether oxygens (including phenoxy) is 1. The van der Waals surface area contributed by atoms with Crippen molar-refractivity contribution in [1.29, 1.82) is 0 Å². The Hall–Kier alpha value is -4.83.